The van der Waals surface area contributed by atoms with E-state index in [0.717, 1.165) is 36.3 Å². The Kier molecular flexibility index (Phi) is 8.51. The standard InChI is InChI=1S/C24H31ClN4O3S/c1-4-5-15-29-22-10-9-20(33(31,32)28(2)3)17-21(22)27-23(29)11-12-24(30)26-14-13-18-7-6-8-19(25)16-18/h6-10,16-17H,4-5,11-15H2,1-3H3,(H,26,30). The third-order valence-corrected chi connectivity index (χ3v) is 7.56. The molecule has 3 aromatic rings. The molecule has 0 saturated carbocycles. The van der Waals surface area contributed by atoms with Gasteiger partial charge in [-0.05, 0) is 48.7 Å². The molecule has 0 aliphatic carbocycles. The molecule has 178 valence electrons. The highest BCUT2D eigenvalue weighted by atomic mass is 35.5. The Morgan fingerprint density at radius 2 is 1.94 bits per heavy atom. The summed E-state index contributed by atoms with van der Waals surface area (Å²) in [5.41, 5.74) is 2.59. The Morgan fingerprint density at radius 3 is 2.64 bits per heavy atom. The summed E-state index contributed by atoms with van der Waals surface area (Å²) in [6.07, 6.45) is 3.51. The van der Waals surface area contributed by atoms with Gasteiger partial charge in [0.05, 0.1) is 15.9 Å². The first-order valence-corrected chi connectivity index (χ1v) is 13.0. The van der Waals surface area contributed by atoms with E-state index in [9.17, 15) is 13.2 Å². The molecule has 0 atom stereocenters. The molecule has 0 radical (unpaired) electrons. The Labute approximate surface area is 200 Å². The lowest BCUT2D eigenvalue weighted by atomic mass is 10.1. The maximum Gasteiger partial charge on any atom is 0.242 e. The summed E-state index contributed by atoms with van der Waals surface area (Å²) in [6.45, 7) is 3.43. The minimum Gasteiger partial charge on any atom is -0.356 e. The second-order valence-corrected chi connectivity index (χ2v) is 10.8. The highest BCUT2D eigenvalue weighted by molar-refractivity contribution is 7.89. The Hall–Kier alpha value is -2.42. The van der Waals surface area contributed by atoms with Crippen LogP contribution in [0.15, 0.2) is 47.4 Å². The lowest BCUT2D eigenvalue weighted by Gasteiger charge is -2.11. The molecule has 0 spiro atoms. The molecule has 0 saturated heterocycles. The van der Waals surface area contributed by atoms with Gasteiger partial charge in [0.25, 0.3) is 0 Å². The van der Waals surface area contributed by atoms with Crippen LogP contribution < -0.4 is 5.32 Å². The molecular weight excluding hydrogens is 460 g/mol. The molecule has 3 rings (SSSR count). The number of aromatic nitrogens is 2. The number of nitrogens with zero attached hydrogens (tertiary/aromatic N) is 3. The zero-order valence-electron chi connectivity index (χ0n) is 19.3. The second-order valence-electron chi connectivity index (χ2n) is 8.20. The third-order valence-electron chi connectivity index (χ3n) is 5.51. The molecule has 33 heavy (non-hydrogen) atoms. The van der Waals surface area contributed by atoms with Crippen molar-refractivity contribution in [2.24, 2.45) is 0 Å². The number of hydrogen-bond acceptors (Lipinski definition) is 4. The van der Waals surface area contributed by atoms with Crippen LogP contribution in [0.4, 0.5) is 0 Å². The van der Waals surface area contributed by atoms with Gasteiger partial charge in [0.2, 0.25) is 15.9 Å². The number of aryl methyl sites for hydroxylation is 2. The minimum atomic E-state index is -3.54. The van der Waals surface area contributed by atoms with Crippen molar-refractivity contribution in [1.82, 2.24) is 19.2 Å². The fraction of sp³-hybridized carbons (Fsp3) is 0.417. The number of halogens is 1. The molecule has 7 nitrogen and oxygen atoms in total. The molecule has 1 aromatic heterocycles. The number of fused-ring (bicyclic) bond motifs is 1. The number of carbonyl (C=O) groups is 1. The molecule has 1 N–H and O–H groups in total. The number of unbranched alkanes of at least 4 members (excludes halogenated alkanes) is 1. The molecule has 0 aliphatic heterocycles. The summed E-state index contributed by atoms with van der Waals surface area (Å²) in [5, 5.41) is 3.64. The highest BCUT2D eigenvalue weighted by Gasteiger charge is 2.20. The van der Waals surface area contributed by atoms with Crippen molar-refractivity contribution in [1.29, 1.82) is 0 Å². The van der Waals surface area contributed by atoms with Crippen molar-refractivity contribution in [3.63, 3.8) is 0 Å². The van der Waals surface area contributed by atoms with Gasteiger partial charge < -0.3 is 9.88 Å². The van der Waals surface area contributed by atoms with E-state index in [1.807, 2.05) is 30.3 Å². The molecule has 9 heteroatoms. The second kappa shape index (κ2) is 11.1. The first-order chi connectivity index (χ1) is 15.7. The molecule has 0 fully saturated rings. The molecule has 2 aromatic carbocycles. The number of hydrogen-bond donors (Lipinski definition) is 1. The Morgan fingerprint density at radius 1 is 1.15 bits per heavy atom. The predicted octanol–water partition coefficient (Wildman–Crippen LogP) is 4.03. The maximum atomic E-state index is 12.5. The SMILES string of the molecule is CCCCn1c(CCC(=O)NCCc2cccc(Cl)c2)nc2cc(S(=O)(=O)N(C)C)ccc21. The number of amides is 1. The summed E-state index contributed by atoms with van der Waals surface area (Å²) >= 11 is 6.01. The van der Waals surface area contributed by atoms with E-state index in [-0.39, 0.29) is 10.8 Å². The van der Waals surface area contributed by atoms with Crippen LogP contribution in [0.5, 0.6) is 0 Å². The van der Waals surface area contributed by atoms with Gasteiger partial charge in [-0.2, -0.15) is 0 Å². The van der Waals surface area contributed by atoms with Crippen LogP contribution >= 0.6 is 11.6 Å². The van der Waals surface area contributed by atoms with E-state index < -0.39 is 10.0 Å². The van der Waals surface area contributed by atoms with Crippen LogP contribution in [0.25, 0.3) is 11.0 Å². The van der Waals surface area contributed by atoms with E-state index in [1.165, 1.54) is 18.4 Å². The van der Waals surface area contributed by atoms with Crippen molar-refractivity contribution in [3.05, 3.63) is 58.9 Å². The molecular formula is C24H31ClN4O3S. The third kappa shape index (κ3) is 6.34. The zero-order valence-corrected chi connectivity index (χ0v) is 20.9. The molecule has 1 amide bonds. The summed E-state index contributed by atoms with van der Waals surface area (Å²) in [6, 6.07) is 12.6. The fourth-order valence-corrected chi connectivity index (χ4v) is 4.77. The maximum absolute atomic E-state index is 12.5. The topological polar surface area (TPSA) is 84.3 Å². The van der Waals surface area contributed by atoms with Crippen LogP contribution in [-0.2, 0) is 34.2 Å². The van der Waals surface area contributed by atoms with E-state index in [4.69, 9.17) is 16.6 Å². The number of sulfonamides is 1. The van der Waals surface area contributed by atoms with Crippen molar-refractivity contribution in [3.8, 4) is 0 Å². The number of carbonyl (C=O) groups excluding carboxylic acids is 1. The van der Waals surface area contributed by atoms with Gasteiger partial charge in [-0.3, -0.25) is 4.79 Å². The van der Waals surface area contributed by atoms with Crippen molar-refractivity contribution in [2.45, 2.75) is 50.5 Å². The minimum absolute atomic E-state index is 0.0398. The van der Waals surface area contributed by atoms with Crippen LogP contribution in [-0.4, -0.2) is 48.8 Å². The number of benzene rings is 2. The summed E-state index contributed by atoms with van der Waals surface area (Å²) in [7, 11) is -0.519. The van der Waals surface area contributed by atoms with Gasteiger partial charge in [-0.25, -0.2) is 17.7 Å². The van der Waals surface area contributed by atoms with E-state index in [0.29, 0.717) is 36.3 Å². The smallest absolute Gasteiger partial charge is 0.242 e. The molecule has 0 bridgehead atoms. The fourth-order valence-electron chi connectivity index (χ4n) is 3.64. The lowest BCUT2D eigenvalue weighted by molar-refractivity contribution is -0.121. The Balaban J connectivity index is 1.70. The van der Waals surface area contributed by atoms with Crippen molar-refractivity contribution in [2.75, 3.05) is 20.6 Å². The number of nitrogens with one attached hydrogen (secondary N) is 1. The zero-order chi connectivity index (χ0) is 24.0. The first-order valence-electron chi connectivity index (χ1n) is 11.1. The largest absolute Gasteiger partial charge is 0.356 e. The van der Waals surface area contributed by atoms with Gasteiger partial charge >= 0.3 is 0 Å². The summed E-state index contributed by atoms with van der Waals surface area (Å²) in [4.78, 5) is 17.3. The molecule has 0 unspecified atom stereocenters. The van der Waals surface area contributed by atoms with Gasteiger partial charge in [0.15, 0.2) is 0 Å². The van der Waals surface area contributed by atoms with Crippen LogP contribution in [0.2, 0.25) is 5.02 Å². The quantitative estimate of drug-likeness (QED) is 0.439. The van der Waals surface area contributed by atoms with Crippen molar-refractivity contribution < 1.29 is 13.2 Å². The average molecular weight is 491 g/mol. The summed E-state index contributed by atoms with van der Waals surface area (Å²) in [5.74, 6) is 0.754. The van der Waals surface area contributed by atoms with Crippen LogP contribution in [0.1, 0.15) is 37.6 Å². The normalized spacial score (nSPS) is 11.9. The number of rotatable bonds is 11. The average Bonchev–Trinajstić information content (AvgIpc) is 3.12. The van der Waals surface area contributed by atoms with Crippen LogP contribution in [0.3, 0.4) is 0 Å². The predicted molar refractivity (Wildman–Crippen MR) is 132 cm³/mol. The highest BCUT2D eigenvalue weighted by Crippen LogP contribution is 2.23. The van der Waals surface area contributed by atoms with Gasteiger partial charge in [-0.15, -0.1) is 0 Å². The molecule has 0 aliphatic rings. The first kappa shape index (κ1) is 25.2. The van der Waals surface area contributed by atoms with E-state index in [2.05, 4.69) is 16.8 Å². The monoisotopic (exact) mass is 490 g/mol. The number of imidazole rings is 1. The van der Waals surface area contributed by atoms with Gasteiger partial charge in [-0.1, -0.05) is 37.1 Å². The van der Waals surface area contributed by atoms with Crippen LogP contribution in [0, 0.1) is 0 Å². The van der Waals surface area contributed by atoms with E-state index >= 15 is 0 Å². The summed E-state index contributed by atoms with van der Waals surface area (Å²) < 4.78 is 28.3. The molecule has 1 heterocycles. The van der Waals surface area contributed by atoms with Gasteiger partial charge in [0.1, 0.15) is 5.82 Å². The Bertz CT molecular complexity index is 1220. The van der Waals surface area contributed by atoms with E-state index in [1.54, 1.807) is 12.1 Å². The van der Waals surface area contributed by atoms with Gasteiger partial charge in [0, 0.05) is 45.0 Å². The van der Waals surface area contributed by atoms with Crippen molar-refractivity contribution >= 4 is 38.6 Å². The lowest BCUT2D eigenvalue weighted by Crippen LogP contribution is -2.26.